The zero-order chi connectivity index (χ0) is 17.1. The number of aryl methyl sites for hydroxylation is 1. The molecule has 0 bridgehead atoms. The fraction of sp³-hybridized carbons (Fsp3) is 0.375. The molecule has 0 saturated carbocycles. The molecule has 1 fully saturated rings. The van der Waals surface area contributed by atoms with Crippen LogP contribution in [0.2, 0.25) is 0 Å². The summed E-state index contributed by atoms with van der Waals surface area (Å²) in [5, 5.41) is 11.4. The standard InChI is InChI=1S/C16H19FN6O/c1-11-19-20-21-23(11)15(8-12-2-4-14(17)5-3-12)16(24)22-7-6-13(9-18)10-22/h2-5,8,13H,6-7,9-10,18H2,1H3/b15-8-. The zero-order valence-electron chi connectivity index (χ0n) is 13.4. The van der Waals surface area contributed by atoms with E-state index in [1.54, 1.807) is 30.0 Å². The van der Waals surface area contributed by atoms with Crippen molar-refractivity contribution < 1.29 is 9.18 Å². The summed E-state index contributed by atoms with van der Waals surface area (Å²) in [6, 6.07) is 5.91. The number of nitrogens with two attached hydrogens (primary N) is 1. The molecule has 1 unspecified atom stereocenters. The lowest BCUT2D eigenvalue weighted by atomic mass is 10.1. The van der Waals surface area contributed by atoms with Gasteiger partial charge in [-0.1, -0.05) is 12.1 Å². The summed E-state index contributed by atoms with van der Waals surface area (Å²) in [5.41, 5.74) is 6.74. The van der Waals surface area contributed by atoms with Gasteiger partial charge in [0.1, 0.15) is 11.5 Å². The SMILES string of the molecule is Cc1nnnn1/C(=C\c1ccc(F)cc1)C(=O)N1CCC(CN)C1. The Labute approximate surface area is 138 Å². The van der Waals surface area contributed by atoms with Gasteiger partial charge < -0.3 is 10.6 Å². The summed E-state index contributed by atoms with van der Waals surface area (Å²) >= 11 is 0. The maximum Gasteiger partial charge on any atom is 0.272 e. The number of carbonyl (C=O) groups is 1. The predicted molar refractivity (Wildman–Crippen MR) is 86.9 cm³/mol. The molecule has 1 aromatic carbocycles. The number of hydrogen-bond donors (Lipinski definition) is 1. The Hall–Kier alpha value is -2.61. The number of carbonyl (C=O) groups excluding carboxylic acids is 1. The summed E-state index contributed by atoms with van der Waals surface area (Å²) in [5.74, 6) is 0.330. The van der Waals surface area contributed by atoms with Crippen molar-refractivity contribution in [3.8, 4) is 0 Å². The zero-order valence-corrected chi connectivity index (χ0v) is 13.4. The van der Waals surface area contributed by atoms with Gasteiger partial charge in [-0.15, -0.1) is 5.10 Å². The Morgan fingerprint density at radius 2 is 2.17 bits per heavy atom. The largest absolute Gasteiger partial charge is 0.337 e. The van der Waals surface area contributed by atoms with E-state index in [1.165, 1.54) is 16.8 Å². The maximum atomic E-state index is 13.1. The lowest BCUT2D eigenvalue weighted by Gasteiger charge is -2.18. The highest BCUT2D eigenvalue weighted by Crippen LogP contribution is 2.21. The minimum Gasteiger partial charge on any atom is -0.337 e. The van der Waals surface area contributed by atoms with Gasteiger partial charge in [0.15, 0.2) is 5.82 Å². The Morgan fingerprint density at radius 3 is 2.75 bits per heavy atom. The molecule has 1 aliphatic rings. The molecule has 2 heterocycles. The number of likely N-dealkylation sites (tertiary alicyclic amines) is 1. The second-order valence-electron chi connectivity index (χ2n) is 5.86. The van der Waals surface area contributed by atoms with Crippen LogP contribution >= 0.6 is 0 Å². The first-order chi connectivity index (χ1) is 11.6. The third-order valence-electron chi connectivity index (χ3n) is 4.15. The Kier molecular flexibility index (Phi) is 4.66. The van der Waals surface area contributed by atoms with E-state index in [2.05, 4.69) is 15.5 Å². The van der Waals surface area contributed by atoms with Crippen LogP contribution in [-0.4, -0.2) is 50.6 Å². The van der Waals surface area contributed by atoms with E-state index in [0.717, 1.165) is 6.42 Å². The first-order valence-electron chi connectivity index (χ1n) is 7.80. The highest BCUT2D eigenvalue weighted by molar-refractivity contribution is 6.18. The molecular weight excluding hydrogens is 311 g/mol. The predicted octanol–water partition coefficient (Wildman–Crippen LogP) is 0.926. The normalized spacial score (nSPS) is 18.2. The second-order valence-corrected chi connectivity index (χ2v) is 5.86. The molecule has 2 N–H and O–H groups in total. The number of tetrazole rings is 1. The van der Waals surface area contributed by atoms with Crippen molar-refractivity contribution in [3.63, 3.8) is 0 Å². The molecular formula is C16H19FN6O. The maximum absolute atomic E-state index is 13.1. The molecule has 1 aromatic heterocycles. The van der Waals surface area contributed by atoms with Gasteiger partial charge in [-0.05, 0) is 60.0 Å². The van der Waals surface area contributed by atoms with Crippen molar-refractivity contribution in [3.05, 3.63) is 41.5 Å². The summed E-state index contributed by atoms with van der Waals surface area (Å²) in [6.07, 6.45) is 2.56. The molecule has 126 valence electrons. The lowest BCUT2D eigenvalue weighted by molar-refractivity contribution is -0.124. The number of halogens is 1. The summed E-state index contributed by atoms with van der Waals surface area (Å²) < 4.78 is 14.5. The van der Waals surface area contributed by atoms with E-state index < -0.39 is 0 Å². The molecule has 0 aliphatic carbocycles. The topological polar surface area (TPSA) is 89.9 Å². The highest BCUT2D eigenvalue weighted by Gasteiger charge is 2.29. The van der Waals surface area contributed by atoms with Crippen molar-refractivity contribution in [2.24, 2.45) is 11.7 Å². The van der Waals surface area contributed by atoms with E-state index in [4.69, 9.17) is 5.73 Å². The fourth-order valence-electron chi connectivity index (χ4n) is 2.76. The molecule has 2 aromatic rings. The van der Waals surface area contributed by atoms with E-state index >= 15 is 0 Å². The smallest absolute Gasteiger partial charge is 0.272 e. The molecule has 8 heteroatoms. The molecule has 1 atom stereocenters. The first-order valence-corrected chi connectivity index (χ1v) is 7.80. The van der Waals surface area contributed by atoms with E-state index in [-0.39, 0.29) is 11.7 Å². The van der Waals surface area contributed by atoms with Crippen LogP contribution in [0.4, 0.5) is 4.39 Å². The average molecular weight is 330 g/mol. The number of hydrogen-bond acceptors (Lipinski definition) is 5. The van der Waals surface area contributed by atoms with Gasteiger partial charge in [0.25, 0.3) is 5.91 Å². The van der Waals surface area contributed by atoms with Crippen molar-refractivity contribution in [1.29, 1.82) is 0 Å². The van der Waals surface area contributed by atoms with Crippen molar-refractivity contribution in [2.75, 3.05) is 19.6 Å². The fourth-order valence-corrected chi connectivity index (χ4v) is 2.76. The van der Waals surface area contributed by atoms with Crippen LogP contribution in [0.25, 0.3) is 11.8 Å². The number of benzene rings is 1. The molecule has 0 radical (unpaired) electrons. The van der Waals surface area contributed by atoms with Gasteiger partial charge in [0, 0.05) is 13.1 Å². The number of nitrogens with zero attached hydrogens (tertiary/aromatic N) is 5. The van der Waals surface area contributed by atoms with E-state index in [1.807, 2.05) is 0 Å². The number of rotatable bonds is 4. The van der Waals surface area contributed by atoms with Gasteiger partial charge in [-0.3, -0.25) is 4.79 Å². The van der Waals surface area contributed by atoms with Crippen LogP contribution in [0.5, 0.6) is 0 Å². The molecule has 24 heavy (non-hydrogen) atoms. The van der Waals surface area contributed by atoms with Crippen LogP contribution in [0.15, 0.2) is 24.3 Å². The number of amides is 1. The Bertz CT molecular complexity index is 754. The Morgan fingerprint density at radius 1 is 1.42 bits per heavy atom. The average Bonchev–Trinajstić information content (AvgIpc) is 3.22. The highest BCUT2D eigenvalue weighted by atomic mass is 19.1. The second kappa shape index (κ2) is 6.88. The van der Waals surface area contributed by atoms with Gasteiger partial charge in [0.2, 0.25) is 0 Å². The molecule has 0 spiro atoms. The van der Waals surface area contributed by atoms with E-state index in [0.29, 0.717) is 42.6 Å². The third-order valence-corrected chi connectivity index (χ3v) is 4.15. The monoisotopic (exact) mass is 330 g/mol. The molecule has 3 rings (SSSR count). The van der Waals surface area contributed by atoms with Crippen molar-refractivity contribution in [1.82, 2.24) is 25.1 Å². The lowest BCUT2D eigenvalue weighted by Crippen LogP contribution is -2.32. The van der Waals surface area contributed by atoms with Crippen molar-refractivity contribution in [2.45, 2.75) is 13.3 Å². The molecule has 1 saturated heterocycles. The van der Waals surface area contributed by atoms with Crippen LogP contribution < -0.4 is 5.73 Å². The first kappa shape index (κ1) is 16.3. The summed E-state index contributed by atoms with van der Waals surface area (Å²) in [7, 11) is 0. The van der Waals surface area contributed by atoms with Gasteiger partial charge in [-0.25, -0.2) is 4.39 Å². The Balaban J connectivity index is 1.95. The number of aromatic nitrogens is 4. The molecule has 7 nitrogen and oxygen atoms in total. The molecule has 1 amide bonds. The summed E-state index contributed by atoms with van der Waals surface area (Å²) in [6.45, 7) is 3.56. The van der Waals surface area contributed by atoms with Crippen molar-refractivity contribution >= 4 is 17.7 Å². The molecule has 1 aliphatic heterocycles. The van der Waals surface area contributed by atoms with Gasteiger partial charge in [-0.2, -0.15) is 4.68 Å². The van der Waals surface area contributed by atoms with E-state index in [9.17, 15) is 9.18 Å². The summed E-state index contributed by atoms with van der Waals surface area (Å²) in [4.78, 5) is 14.7. The van der Waals surface area contributed by atoms with Crippen LogP contribution in [0.1, 0.15) is 17.8 Å². The third kappa shape index (κ3) is 3.33. The quantitative estimate of drug-likeness (QED) is 0.842. The van der Waals surface area contributed by atoms with Gasteiger partial charge in [0.05, 0.1) is 0 Å². The minimum absolute atomic E-state index is 0.161. The van der Waals surface area contributed by atoms with Crippen LogP contribution in [-0.2, 0) is 4.79 Å². The van der Waals surface area contributed by atoms with Gasteiger partial charge >= 0.3 is 0 Å². The minimum atomic E-state index is -0.330. The van der Waals surface area contributed by atoms with Crippen LogP contribution in [0.3, 0.4) is 0 Å². The van der Waals surface area contributed by atoms with Crippen LogP contribution in [0, 0.1) is 18.7 Å².